The van der Waals surface area contributed by atoms with Crippen LogP contribution in [-0.4, -0.2) is 36.1 Å². The summed E-state index contributed by atoms with van der Waals surface area (Å²) in [6, 6.07) is 9.05. The van der Waals surface area contributed by atoms with Gasteiger partial charge in [0, 0.05) is 12.2 Å². The van der Waals surface area contributed by atoms with Crippen LogP contribution in [0.15, 0.2) is 30.3 Å². The van der Waals surface area contributed by atoms with Gasteiger partial charge in [0.15, 0.2) is 0 Å². The molecule has 1 amide bonds. The van der Waals surface area contributed by atoms with Crippen LogP contribution in [0.25, 0.3) is 0 Å². The highest BCUT2D eigenvalue weighted by Gasteiger charge is 2.29. The van der Waals surface area contributed by atoms with Gasteiger partial charge in [0.05, 0.1) is 12.5 Å². The average Bonchev–Trinajstić information content (AvgIpc) is 2.48. The Morgan fingerprint density at radius 3 is 2.67 bits per heavy atom. The van der Waals surface area contributed by atoms with E-state index in [0.717, 1.165) is 25.1 Å². The molecule has 114 valence electrons. The number of piperidine rings is 1. The van der Waals surface area contributed by atoms with E-state index in [-0.39, 0.29) is 24.9 Å². The average molecular weight is 290 g/mol. The van der Waals surface area contributed by atoms with E-state index in [4.69, 9.17) is 5.11 Å². The van der Waals surface area contributed by atoms with Crippen molar-refractivity contribution in [3.8, 4) is 0 Å². The molecule has 2 N–H and O–H groups in total. The molecule has 2 unspecified atom stereocenters. The molecule has 2 atom stereocenters. The zero-order chi connectivity index (χ0) is 15.2. The number of carboxylic acids is 1. The lowest BCUT2D eigenvalue weighted by Gasteiger charge is -2.32. The van der Waals surface area contributed by atoms with Crippen LogP contribution < -0.4 is 10.2 Å². The summed E-state index contributed by atoms with van der Waals surface area (Å²) in [6.45, 7) is 3.18. The second-order valence-corrected chi connectivity index (χ2v) is 5.61. The van der Waals surface area contributed by atoms with Crippen molar-refractivity contribution in [3.05, 3.63) is 30.3 Å². The summed E-state index contributed by atoms with van der Waals surface area (Å²) in [4.78, 5) is 25.1. The molecule has 1 aromatic carbocycles. The Morgan fingerprint density at radius 2 is 2.05 bits per heavy atom. The van der Waals surface area contributed by atoms with E-state index in [1.165, 1.54) is 0 Å². The Balaban J connectivity index is 2.14. The minimum Gasteiger partial charge on any atom is -0.481 e. The minimum absolute atomic E-state index is 0.0333. The fourth-order valence-corrected chi connectivity index (χ4v) is 2.67. The van der Waals surface area contributed by atoms with Crippen LogP contribution in [0.4, 0.5) is 5.69 Å². The zero-order valence-electron chi connectivity index (χ0n) is 12.3. The molecule has 5 nitrogen and oxygen atoms in total. The van der Waals surface area contributed by atoms with Crippen LogP contribution in [0.5, 0.6) is 0 Å². The molecule has 0 bridgehead atoms. The van der Waals surface area contributed by atoms with Crippen molar-refractivity contribution in [1.29, 1.82) is 0 Å². The maximum absolute atomic E-state index is 12.7. The van der Waals surface area contributed by atoms with Crippen molar-refractivity contribution in [3.63, 3.8) is 0 Å². The lowest BCUT2D eigenvalue weighted by molar-refractivity contribution is -0.136. The number of nitrogens with one attached hydrogen (secondary N) is 1. The molecule has 0 spiro atoms. The van der Waals surface area contributed by atoms with E-state index in [1.807, 2.05) is 30.3 Å². The number of carboxylic acid groups (broad SMARTS) is 1. The Bertz CT molecular complexity index is 490. The van der Waals surface area contributed by atoms with E-state index in [2.05, 4.69) is 12.2 Å². The first kappa shape index (κ1) is 15.5. The number of rotatable bonds is 5. The molecule has 21 heavy (non-hydrogen) atoms. The second-order valence-electron chi connectivity index (χ2n) is 5.61. The van der Waals surface area contributed by atoms with Crippen molar-refractivity contribution in [2.24, 2.45) is 5.92 Å². The molecule has 5 heteroatoms. The summed E-state index contributed by atoms with van der Waals surface area (Å²) < 4.78 is 0. The van der Waals surface area contributed by atoms with Crippen molar-refractivity contribution in [1.82, 2.24) is 5.32 Å². The number of aliphatic carboxylic acids is 1. The molecule has 2 rings (SSSR count). The Labute approximate surface area is 125 Å². The summed E-state index contributed by atoms with van der Waals surface area (Å²) in [5, 5.41) is 12.1. The first-order valence-corrected chi connectivity index (χ1v) is 7.39. The molecule has 0 aromatic heterocycles. The van der Waals surface area contributed by atoms with Gasteiger partial charge in [0.2, 0.25) is 5.91 Å². The lowest BCUT2D eigenvalue weighted by Crippen LogP contribution is -2.50. The van der Waals surface area contributed by atoms with Crippen molar-refractivity contribution < 1.29 is 14.7 Å². The smallest absolute Gasteiger partial charge is 0.305 e. The fourth-order valence-electron chi connectivity index (χ4n) is 2.67. The molecule has 1 aliphatic rings. The maximum atomic E-state index is 12.7. The summed E-state index contributed by atoms with van der Waals surface area (Å²) in [6.07, 6.45) is 1.82. The number of benzene rings is 1. The molecule has 1 aliphatic heterocycles. The molecule has 0 saturated carbocycles. The zero-order valence-corrected chi connectivity index (χ0v) is 12.3. The standard InChI is InChI=1S/C16H22N2O3/c1-12-7-9-17-14(11-12)16(21)18(10-8-15(19)20)13-5-3-2-4-6-13/h2-6,12,14,17H,7-11H2,1H3,(H,19,20). The molecule has 0 aliphatic carbocycles. The van der Waals surface area contributed by atoms with Crippen molar-refractivity contribution in [2.75, 3.05) is 18.0 Å². The highest BCUT2D eigenvalue weighted by molar-refractivity contribution is 5.97. The lowest BCUT2D eigenvalue weighted by atomic mass is 9.93. The number of hydrogen-bond donors (Lipinski definition) is 2. The maximum Gasteiger partial charge on any atom is 0.305 e. The number of amides is 1. The van der Waals surface area contributed by atoms with Gasteiger partial charge in [-0.3, -0.25) is 9.59 Å². The first-order chi connectivity index (χ1) is 10.1. The molecule has 1 saturated heterocycles. The summed E-state index contributed by atoms with van der Waals surface area (Å²) >= 11 is 0. The van der Waals surface area contributed by atoms with Crippen LogP contribution >= 0.6 is 0 Å². The normalized spacial score (nSPS) is 21.8. The summed E-state index contributed by atoms with van der Waals surface area (Å²) in [7, 11) is 0. The van der Waals surface area contributed by atoms with Crippen molar-refractivity contribution >= 4 is 17.6 Å². The number of carbonyl (C=O) groups excluding carboxylic acids is 1. The Morgan fingerprint density at radius 1 is 1.33 bits per heavy atom. The fraction of sp³-hybridized carbons (Fsp3) is 0.500. The van der Waals surface area contributed by atoms with Crippen LogP contribution in [0.3, 0.4) is 0 Å². The van der Waals surface area contributed by atoms with Gasteiger partial charge in [-0.2, -0.15) is 0 Å². The number of nitrogens with zero attached hydrogens (tertiary/aromatic N) is 1. The molecule has 1 heterocycles. The van der Waals surface area contributed by atoms with E-state index < -0.39 is 5.97 Å². The van der Waals surface area contributed by atoms with Crippen molar-refractivity contribution in [2.45, 2.75) is 32.2 Å². The monoisotopic (exact) mass is 290 g/mol. The number of hydrogen-bond acceptors (Lipinski definition) is 3. The van der Waals surface area contributed by atoms with Gasteiger partial charge in [-0.05, 0) is 37.4 Å². The summed E-state index contributed by atoms with van der Waals surface area (Å²) in [5.41, 5.74) is 0.753. The quantitative estimate of drug-likeness (QED) is 0.868. The van der Waals surface area contributed by atoms with Gasteiger partial charge in [-0.1, -0.05) is 25.1 Å². The number of anilines is 1. The van der Waals surface area contributed by atoms with Crippen LogP contribution in [0, 0.1) is 5.92 Å². The largest absolute Gasteiger partial charge is 0.481 e. The number of para-hydroxylation sites is 1. The Kier molecular flexibility index (Phi) is 5.33. The highest BCUT2D eigenvalue weighted by Crippen LogP contribution is 2.20. The van der Waals surface area contributed by atoms with Crippen LogP contribution in [0.1, 0.15) is 26.2 Å². The van der Waals surface area contributed by atoms with E-state index in [0.29, 0.717) is 5.92 Å². The first-order valence-electron chi connectivity index (χ1n) is 7.39. The van der Waals surface area contributed by atoms with Crippen LogP contribution in [0.2, 0.25) is 0 Å². The second kappa shape index (κ2) is 7.22. The molecular weight excluding hydrogens is 268 g/mol. The summed E-state index contributed by atoms with van der Waals surface area (Å²) in [5.74, 6) is -0.417. The molecule has 1 fully saturated rings. The Hall–Kier alpha value is -1.88. The minimum atomic E-state index is -0.895. The number of carbonyl (C=O) groups is 2. The van der Waals surface area contributed by atoms with E-state index in [9.17, 15) is 9.59 Å². The predicted octanol–water partition coefficient (Wildman–Crippen LogP) is 1.88. The predicted molar refractivity (Wildman–Crippen MR) is 81.2 cm³/mol. The molecule has 0 radical (unpaired) electrons. The van der Waals surface area contributed by atoms with Crippen LogP contribution in [-0.2, 0) is 9.59 Å². The van der Waals surface area contributed by atoms with Gasteiger partial charge >= 0.3 is 5.97 Å². The molecule has 1 aromatic rings. The third-order valence-electron chi connectivity index (χ3n) is 3.85. The van der Waals surface area contributed by atoms with Gasteiger partial charge in [0.25, 0.3) is 0 Å². The van der Waals surface area contributed by atoms with Gasteiger partial charge in [0.1, 0.15) is 0 Å². The van der Waals surface area contributed by atoms with Gasteiger partial charge in [-0.15, -0.1) is 0 Å². The van der Waals surface area contributed by atoms with E-state index in [1.54, 1.807) is 4.90 Å². The van der Waals surface area contributed by atoms with Gasteiger partial charge < -0.3 is 15.3 Å². The third-order valence-corrected chi connectivity index (χ3v) is 3.85. The SMILES string of the molecule is CC1CCNC(C(=O)N(CCC(=O)O)c2ccccc2)C1. The highest BCUT2D eigenvalue weighted by atomic mass is 16.4. The van der Waals surface area contributed by atoms with Gasteiger partial charge in [-0.25, -0.2) is 0 Å². The third kappa shape index (κ3) is 4.29. The topological polar surface area (TPSA) is 69.6 Å². The molecular formula is C16H22N2O3. The van der Waals surface area contributed by atoms with E-state index >= 15 is 0 Å².